The molecule has 6 nitrogen and oxygen atoms in total. The summed E-state index contributed by atoms with van der Waals surface area (Å²) in [6.07, 6.45) is 3.03. The van der Waals surface area contributed by atoms with Crippen molar-refractivity contribution in [3.63, 3.8) is 0 Å². The molecule has 1 aromatic heterocycles. The smallest absolute Gasteiger partial charge is 0.250 e. The lowest BCUT2D eigenvalue weighted by Gasteiger charge is -2.08. The summed E-state index contributed by atoms with van der Waals surface area (Å²) in [4.78, 5) is 16.8. The summed E-state index contributed by atoms with van der Waals surface area (Å²) in [5.74, 6) is 0.988. The van der Waals surface area contributed by atoms with E-state index in [0.717, 1.165) is 36.0 Å². The van der Waals surface area contributed by atoms with Crippen LogP contribution in [0.5, 0.6) is 11.5 Å². The third-order valence-corrected chi connectivity index (χ3v) is 6.69. The van der Waals surface area contributed by atoms with Crippen LogP contribution in [0, 0.1) is 0 Å². The van der Waals surface area contributed by atoms with E-state index in [4.69, 9.17) is 21.7 Å². The van der Waals surface area contributed by atoms with Crippen molar-refractivity contribution < 1.29 is 14.3 Å². The first-order valence-electron chi connectivity index (χ1n) is 8.93. The van der Waals surface area contributed by atoms with Crippen LogP contribution < -0.4 is 20.1 Å². The van der Waals surface area contributed by atoms with E-state index in [2.05, 4.69) is 63.4 Å². The number of halogens is 3. The summed E-state index contributed by atoms with van der Waals surface area (Å²) < 4.78 is 13.1. The summed E-state index contributed by atoms with van der Waals surface area (Å²) in [5, 5.41) is 8.17. The number of amides is 1. The maximum Gasteiger partial charge on any atom is 0.250 e. The van der Waals surface area contributed by atoms with Gasteiger partial charge in [0, 0.05) is 27.1 Å². The van der Waals surface area contributed by atoms with Gasteiger partial charge in [-0.05, 0) is 80.5 Å². The van der Waals surface area contributed by atoms with Crippen LogP contribution in [0.4, 0.5) is 5.13 Å². The highest BCUT2D eigenvalue weighted by Crippen LogP contribution is 2.34. The average Bonchev–Trinajstić information content (AvgIpc) is 3.20. The van der Waals surface area contributed by atoms with Crippen LogP contribution in [0.2, 0.25) is 0 Å². The number of carbonyl (C=O) groups excluding carboxylic acids is 1. The molecule has 1 heterocycles. The van der Waals surface area contributed by atoms with Gasteiger partial charge in [-0.25, -0.2) is 4.98 Å². The normalized spacial score (nSPS) is 10.8. The number of carbonyl (C=O) groups is 1. The van der Waals surface area contributed by atoms with E-state index in [1.807, 2.05) is 35.7 Å². The molecule has 0 fully saturated rings. The van der Waals surface area contributed by atoms with E-state index in [9.17, 15) is 4.79 Å². The van der Waals surface area contributed by atoms with Crippen molar-refractivity contribution in [3.05, 3.63) is 60.8 Å². The molecule has 0 saturated heterocycles. The molecule has 0 radical (unpaired) electrons. The lowest BCUT2D eigenvalue weighted by molar-refractivity contribution is -0.115. The third kappa shape index (κ3) is 6.38. The maximum atomic E-state index is 12.3. The number of aromatic nitrogens is 1. The Balaban J connectivity index is 1.62. The van der Waals surface area contributed by atoms with Gasteiger partial charge in [0.1, 0.15) is 11.5 Å². The van der Waals surface area contributed by atoms with E-state index in [1.54, 1.807) is 20.3 Å². The molecule has 11 heteroatoms. The van der Waals surface area contributed by atoms with Gasteiger partial charge in [0.15, 0.2) is 10.2 Å². The molecule has 0 aliphatic rings. The van der Waals surface area contributed by atoms with Crippen molar-refractivity contribution >= 4 is 93.6 Å². The Morgan fingerprint density at radius 3 is 2.59 bits per heavy atom. The molecule has 0 spiro atoms. The molecule has 1 amide bonds. The molecule has 32 heavy (non-hydrogen) atoms. The minimum atomic E-state index is -0.378. The van der Waals surface area contributed by atoms with Crippen LogP contribution >= 0.6 is 71.3 Å². The zero-order valence-electron chi connectivity index (χ0n) is 16.7. The number of hydrogen-bond acceptors (Lipinski definition) is 6. The quantitative estimate of drug-likeness (QED) is 0.228. The summed E-state index contributed by atoms with van der Waals surface area (Å²) in [5.41, 5.74) is 2.44. The first-order valence-corrected chi connectivity index (χ1v) is 12.6. The molecule has 0 atom stereocenters. The topological polar surface area (TPSA) is 72.5 Å². The maximum absolute atomic E-state index is 12.3. The highest BCUT2D eigenvalue weighted by atomic mass is 79.9. The monoisotopic (exact) mass is 659 g/mol. The van der Waals surface area contributed by atoms with Crippen LogP contribution in [0.1, 0.15) is 5.56 Å². The molecule has 2 N–H and O–H groups in total. The van der Waals surface area contributed by atoms with Gasteiger partial charge in [0.25, 0.3) is 0 Å². The summed E-state index contributed by atoms with van der Waals surface area (Å²) >= 11 is 17.0. The van der Waals surface area contributed by atoms with E-state index in [1.165, 1.54) is 17.4 Å². The predicted molar refractivity (Wildman–Crippen MR) is 144 cm³/mol. The standard InChI is InChI=1S/C21H16Br3N3O3S2/c1-29-17-5-3-11(8-14(17)23)16-10-32-21(25-16)27-20(31)26-18(28)6-4-12-7-13(22)9-15(24)19(12)30-2/h3-10H,1-2H3,(H2,25,26,27,28,31). The van der Waals surface area contributed by atoms with Gasteiger partial charge < -0.3 is 14.8 Å². The van der Waals surface area contributed by atoms with Crippen molar-refractivity contribution in [1.29, 1.82) is 0 Å². The van der Waals surface area contributed by atoms with Crippen LogP contribution in [-0.4, -0.2) is 30.2 Å². The largest absolute Gasteiger partial charge is 0.496 e. The fraction of sp³-hybridized carbons (Fsp3) is 0.0952. The first-order chi connectivity index (χ1) is 15.3. The summed E-state index contributed by atoms with van der Waals surface area (Å²) in [6, 6.07) is 9.42. The molecule has 0 saturated carbocycles. The average molecular weight is 662 g/mol. The van der Waals surface area contributed by atoms with Crippen LogP contribution in [0.25, 0.3) is 17.3 Å². The fourth-order valence-corrected chi connectivity index (χ4v) is 5.60. The van der Waals surface area contributed by atoms with Gasteiger partial charge >= 0.3 is 0 Å². The minimum Gasteiger partial charge on any atom is -0.496 e. The third-order valence-electron chi connectivity index (χ3n) is 4.06. The van der Waals surface area contributed by atoms with E-state index in [-0.39, 0.29) is 11.0 Å². The van der Waals surface area contributed by atoms with Crippen molar-refractivity contribution in [1.82, 2.24) is 10.3 Å². The van der Waals surface area contributed by atoms with Gasteiger partial charge in [-0.1, -0.05) is 15.9 Å². The molecule has 3 aromatic rings. The number of rotatable bonds is 6. The number of anilines is 1. The van der Waals surface area contributed by atoms with Crippen LogP contribution in [0.15, 0.2) is 55.2 Å². The fourth-order valence-electron chi connectivity index (χ4n) is 2.66. The molecule has 2 aromatic carbocycles. The SMILES string of the molecule is COc1ccc(-c2csc(NC(=S)NC(=O)C=Cc3cc(Br)cc(Br)c3OC)n2)cc1Br. The van der Waals surface area contributed by atoms with Crippen molar-refractivity contribution in [2.75, 3.05) is 19.5 Å². The van der Waals surface area contributed by atoms with Gasteiger partial charge in [0.2, 0.25) is 5.91 Å². The van der Waals surface area contributed by atoms with E-state index < -0.39 is 0 Å². The number of hydrogen-bond donors (Lipinski definition) is 2. The lowest BCUT2D eigenvalue weighted by Crippen LogP contribution is -2.32. The summed E-state index contributed by atoms with van der Waals surface area (Å²) in [7, 11) is 3.18. The van der Waals surface area contributed by atoms with Gasteiger partial charge in [0.05, 0.1) is 28.9 Å². The molecule has 3 rings (SSSR count). The Hall–Kier alpha value is -1.79. The van der Waals surface area contributed by atoms with Crippen LogP contribution in [0.3, 0.4) is 0 Å². The Morgan fingerprint density at radius 2 is 1.91 bits per heavy atom. The number of nitrogens with one attached hydrogen (secondary N) is 2. The predicted octanol–water partition coefficient (Wildman–Crippen LogP) is 6.64. The van der Waals surface area contributed by atoms with E-state index in [0.29, 0.717) is 10.9 Å². The number of nitrogens with zero attached hydrogens (tertiary/aromatic N) is 1. The Morgan fingerprint density at radius 1 is 1.12 bits per heavy atom. The molecular weight excluding hydrogens is 646 g/mol. The van der Waals surface area contributed by atoms with Gasteiger partial charge in [-0.2, -0.15) is 0 Å². The van der Waals surface area contributed by atoms with Crippen LogP contribution in [-0.2, 0) is 4.79 Å². The highest BCUT2D eigenvalue weighted by Gasteiger charge is 2.11. The second-order valence-electron chi connectivity index (χ2n) is 6.17. The summed E-state index contributed by atoms with van der Waals surface area (Å²) in [6.45, 7) is 0. The number of ether oxygens (including phenoxy) is 2. The molecule has 0 unspecified atom stereocenters. The van der Waals surface area contributed by atoms with Gasteiger partial charge in [-0.15, -0.1) is 11.3 Å². The van der Waals surface area contributed by atoms with Crippen molar-refractivity contribution in [3.8, 4) is 22.8 Å². The first kappa shape index (κ1) is 24.8. The minimum absolute atomic E-state index is 0.152. The molecular formula is C21H16Br3N3O3S2. The molecule has 0 aliphatic heterocycles. The second kappa shape index (κ2) is 11.4. The van der Waals surface area contributed by atoms with Gasteiger partial charge in [-0.3, -0.25) is 10.1 Å². The zero-order valence-corrected chi connectivity index (χ0v) is 23.1. The molecule has 166 valence electrons. The van der Waals surface area contributed by atoms with E-state index >= 15 is 0 Å². The Labute approximate surface area is 219 Å². The zero-order chi connectivity index (χ0) is 23.3. The Bertz CT molecular complexity index is 1200. The number of methoxy groups -OCH3 is 2. The number of thiazole rings is 1. The highest BCUT2D eigenvalue weighted by molar-refractivity contribution is 9.11. The molecule has 0 bridgehead atoms. The number of benzene rings is 2. The van der Waals surface area contributed by atoms with Crippen molar-refractivity contribution in [2.45, 2.75) is 0 Å². The van der Waals surface area contributed by atoms with Crippen molar-refractivity contribution in [2.24, 2.45) is 0 Å². The lowest BCUT2D eigenvalue weighted by atomic mass is 10.2. The Kier molecular flexibility index (Phi) is 8.83. The molecule has 0 aliphatic carbocycles. The second-order valence-corrected chi connectivity index (χ2v) is 10.1. The number of thiocarbonyl (C=S) groups is 1.